The fourth-order valence-corrected chi connectivity index (χ4v) is 0.826. The highest BCUT2D eigenvalue weighted by atomic mass is 16.3. The molecule has 0 aromatic carbocycles. The molecule has 0 aromatic rings. The zero-order valence-corrected chi connectivity index (χ0v) is 9.97. The molecule has 0 spiro atoms. The van der Waals surface area contributed by atoms with Crippen molar-refractivity contribution in [3.8, 4) is 0 Å². The first-order chi connectivity index (χ1) is 6.74. The normalized spacial score (nSPS) is 13.8. The lowest BCUT2D eigenvalue weighted by Crippen LogP contribution is -2.40. The van der Waals surface area contributed by atoms with Gasteiger partial charge in [-0.3, -0.25) is 4.79 Å². The van der Waals surface area contributed by atoms with Crippen molar-refractivity contribution >= 4 is 5.91 Å². The maximum absolute atomic E-state index is 10.5. The van der Waals surface area contributed by atoms with Crippen molar-refractivity contribution in [1.29, 1.82) is 0 Å². The van der Waals surface area contributed by atoms with Crippen molar-refractivity contribution in [2.45, 2.75) is 59.4 Å². The summed E-state index contributed by atoms with van der Waals surface area (Å²) in [6.45, 7) is 7.87. The van der Waals surface area contributed by atoms with Gasteiger partial charge in [-0.1, -0.05) is 34.1 Å². The van der Waals surface area contributed by atoms with Crippen LogP contribution in [-0.4, -0.2) is 23.7 Å². The van der Waals surface area contributed by atoms with Crippen LogP contribution in [0.5, 0.6) is 0 Å². The van der Waals surface area contributed by atoms with E-state index < -0.39 is 0 Å². The van der Waals surface area contributed by atoms with E-state index in [9.17, 15) is 4.79 Å². The van der Waals surface area contributed by atoms with Crippen LogP contribution in [0.25, 0.3) is 0 Å². The predicted octanol–water partition coefficient (Wildman–Crippen LogP) is 2.09. The molecular formula is C11H25NO2. The fraction of sp³-hybridized carbons (Fsp3) is 0.909. The summed E-state index contributed by atoms with van der Waals surface area (Å²) in [4.78, 5) is 10.5. The molecule has 1 rings (SSSR count). The van der Waals surface area contributed by atoms with E-state index in [2.05, 4.69) is 19.2 Å². The molecule has 1 saturated carbocycles. The highest BCUT2D eigenvalue weighted by molar-refractivity contribution is 5.77. The molecule has 1 fully saturated rings. The lowest BCUT2D eigenvalue weighted by Gasteiger charge is -2.25. The predicted molar refractivity (Wildman–Crippen MR) is 60.2 cm³/mol. The zero-order chi connectivity index (χ0) is 11.4. The monoisotopic (exact) mass is 203 g/mol. The van der Waals surface area contributed by atoms with Crippen molar-refractivity contribution in [3.63, 3.8) is 0 Å². The summed E-state index contributed by atoms with van der Waals surface area (Å²) in [6.07, 6.45) is 4.61. The van der Waals surface area contributed by atoms with Gasteiger partial charge < -0.3 is 10.4 Å². The summed E-state index contributed by atoms with van der Waals surface area (Å²) in [5.74, 6) is -0.250. The molecule has 0 unspecified atom stereocenters. The molecular weight excluding hydrogens is 178 g/mol. The molecule has 1 aliphatic carbocycles. The van der Waals surface area contributed by atoms with E-state index in [1.54, 1.807) is 0 Å². The van der Waals surface area contributed by atoms with E-state index in [1.807, 2.05) is 13.8 Å². The van der Waals surface area contributed by atoms with Crippen LogP contribution in [-0.2, 0) is 4.79 Å². The second kappa shape index (κ2) is 12.4. The largest absolute Gasteiger partial charge is 0.387 e. The summed E-state index contributed by atoms with van der Waals surface area (Å²) in [6, 6.07) is 0.352. The standard InChI is InChI=1S/C6H11NO2.C3H8.C2H6/c8-4-6(9)7-5-2-1-3-5;1-3-2;1-2/h5,8H,1-4H2,(H,7,9);3H2,1-2H3;1-2H3. The van der Waals surface area contributed by atoms with Crippen LogP contribution in [0.1, 0.15) is 53.4 Å². The lowest BCUT2D eigenvalue weighted by molar-refractivity contribution is -0.125. The summed E-state index contributed by atoms with van der Waals surface area (Å²) in [5.41, 5.74) is 0. The Hall–Kier alpha value is -0.570. The Bertz CT molecular complexity index is 122. The lowest BCUT2D eigenvalue weighted by atomic mass is 9.93. The van der Waals surface area contributed by atoms with Gasteiger partial charge in [0.25, 0.3) is 0 Å². The fourth-order valence-electron chi connectivity index (χ4n) is 0.826. The summed E-state index contributed by atoms with van der Waals surface area (Å²) < 4.78 is 0. The molecule has 0 heterocycles. The van der Waals surface area contributed by atoms with E-state index in [1.165, 1.54) is 12.8 Å². The molecule has 2 N–H and O–H groups in total. The average Bonchev–Trinajstić information content (AvgIpc) is 2.15. The third-order valence-electron chi connectivity index (χ3n) is 1.61. The second-order valence-corrected chi connectivity index (χ2v) is 3.06. The first-order valence-corrected chi connectivity index (χ1v) is 5.64. The zero-order valence-electron chi connectivity index (χ0n) is 9.97. The molecule has 0 bridgehead atoms. The van der Waals surface area contributed by atoms with Crippen LogP contribution >= 0.6 is 0 Å². The molecule has 0 aromatic heterocycles. The maximum Gasteiger partial charge on any atom is 0.245 e. The Morgan fingerprint density at radius 1 is 1.36 bits per heavy atom. The SMILES string of the molecule is CC.CCC.O=C(CO)NC1CCC1. The number of hydrogen-bond donors (Lipinski definition) is 2. The Balaban J connectivity index is 0. The van der Waals surface area contributed by atoms with Gasteiger partial charge in [-0.15, -0.1) is 0 Å². The van der Waals surface area contributed by atoms with E-state index in [0.717, 1.165) is 12.8 Å². The maximum atomic E-state index is 10.5. The second-order valence-electron chi connectivity index (χ2n) is 3.06. The molecule has 3 nitrogen and oxygen atoms in total. The number of amides is 1. The number of rotatable bonds is 2. The Labute approximate surface area is 87.9 Å². The average molecular weight is 203 g/mol. The molecule has 1 aliphatic rings. The summed E-state index contributed by atoms with van der Waals surface area (Å²) >= 11 is 0. The van der Waals surface area contributed by atoms with Crippen LogP contribution in [0.3, 0.4) is 0 Å². The first kappa shape index (κ1) is 15.9. The van der Waals surface area contributed by atoms with Crippen molar-refractivity contribution in [2.24, 2.45) is 0 Å². The minimum Gasteiger partial charge on any atom is -0.387 e. The third-order valence-corrected chi connectivity index (χ3v) is 1.61. The molecule has 86 valence electrons. The minimum absolute atomic E-state index is 0.250. The molecule has 0 atom stereocenters. The van der Waals surface area contributed by atoms with Gasteiger partial charge in [-0.2, -0.15) is 0 Å². The van der Waals surface area contributed by atoms with Crippen molar-refractivity contribution in [3.05, 3.63) is 0 Å². The van der Waals surface area contributed by atoms with E-state index in [4.69, 9.17) is 5.11 Å². The van der Waals surface area contributed by atoms with Crippen molar-refractivity contribution < 1.29 is 9.90 Å². The van der Waals surface area contributed by atoms with Gasteiger partial charge in [0.15, 0.2) is 0 Å². The summed E-state index contributed by atoms with van der Waals surface area (Å²) in [5, 5.41) is 11.0. The highest BCUT2D eigenvalue weighted by Gasteiger charge is 2.18. The number of carbonyl (C=O) groups is 1. The number of aliphatic hydroxyl groups excluding tert-OH is 1. The van der Waals surface area contributed by atoms with Gasteiger partial charge in [0.1, 0.15) is 6.61 Å². The number of aliphatic hydroxyl groups is 1. The van der Waals surface area contributed by atoms with E-state index in [0.29, 0.717) is 6.04 Å². The van der Waals surface area contributed by atoms with E-state index in [-0.39, 0.29) is 12.5 Å². The van der Waals surface area contributed by atoms with Crippen LogP contribution in [0.2, 0.25) is 0 Å². The molecule has 0 saturated heterocycles. The number of hydrogen-bond acceptors (Lipinski definition) is 2. The van der Waals surface area contributed by atoms with Crippen LogP contribution in [0.15, 0.2) is 0 Å². The molecule has 0 radical (unpaired) electrons. The van der Waals surface area contributed by atoms with Gasteiger partial charge in [0, 0.05) is 6.04 Å². The third kappa shape index (κ3) is 9.52. The van der Waals surface area contributed by atoms with Crippen LogP contribution < -0.4 is 5.32 Å². The molecule has 0 aliphatic heterocycles. The first-order valence-electron chi connectivity index (χ1n) is 5.64. The van der Waals surface area contributed by atoms with Crippen LogP contribution in [0, 0.1) is 0 Å². The number of carbonyl (C=O) groups excluding carboxylic acids is 1. The molecule has 14 heavy (non-hydrogen) atoms. The van der Waals surface area contributed by atoms with Crippen molar-refractivity contribution in [1.82, 2.24) is 5.32 Å². The molecule has 3 heteroatoms. The quantitative estimate of drug-likeness (QED) is 0.722. The molecule has 1 amide bonds. The van der Waals surface area contributed by atoms with Gasteiger partial charge in [0.2, 0.25) is 5.91 Å². The van der Waals surface area contributed by atoms with Crippen LogP contribution in [0.4, 0.5) is 0 Å². The Morgan fingerprint density at radius 2 is 1.79 bits per heavy atom. The Morgan fingerprint density at radius 3 is 2.00 bits per heavy atom. The van der Waals surface area contributed by atoms with Gasteiger partial charge in [-0.05, 0) is 19.3 Å². The van der Waals surface area contributed by atoms with Gasteiger partial charge >= 0.3 is 0 Å². The van der Waals surface area contributed by atoms with Crippen molar-refractivity contribution in [2.75, 3.05) is 6.61 Å². The van der Waals surface area contributed by atoms with Gasteiger partial charge in [-0.25, -0.2) is 0 Å². The smallest absolute Gasteiger partial charge is 0.245 e. The summed E-state index contributed by atoms with van der Waals surface area (Å²) in [7, 11) is 0. The van der Waals surface area contributed by atoms with E-state index >= 15 is 0 Å². The van der Waals surface area contributed by atoms with Gasteiger partial charge in [0.05, 0.1) is 0 Å². The number of nitrogens with one attached hydrogen (secondary N) is 1. The highest BCUT2D eigenvalue weighted by Crippen LogP contribution is 2.17. The Kier molecular flexibility index (Phi) is 14.1. The minimum atomic E-state index is -0.378. The topological polar surface area (TPSA) is 49.3 Å².